The van der Waals surface area contributed by atoms with E-state index in [-0.39, 0.29) is 0 Å². The summed E-state index contributed by atoms with van der Waals surface area (Å²) in [5, 5.41) is 0. The van der Waals surface area contributed by atoms with Gasteiger partial charge in [-0.05, 0) is 103 Å². The molecule has 0 aliphatic heterocycles. The number of hydrogen-bond acceptors (Lipinski definition) is 0. The molecule has 5 aliphatic rings. The lowest BCUT2D eigenvalue weighted by atomic mass is 9.44. The van der Waals surface area contributed by atoms with E-state index in [9.17, 15) is 0 Å². The first kappa shape index (κ1) is 16.6. The number of fused-ring (bicyclic) bond motifs is 7. The van der Waals surface area contributed by atoms with Gasteiger partial charge >= 0.3 is 0 Å². The Morgan fingerprint density at radius 3 is 2.56 bits per heavy atom. The van der Waals surface area contributed by atoms with Gasteiger partial charge in [-0.15, -0.1) is 0 Å². The van der Waals surface area contributed by atoms with E-state index in [1.165, 1.54) is 44.9 Å². The van der Waals surface area contributed by atoms with Crippen molar-refractivity contribution >= 4 is 0 Å². The van der Waals surface area contributed by atoms with Crippen molar-refractivity contribution in [2.45, 2.75) is 86.0 Å². The molecule has 138 valence electrons. The third-order valence-corrected chi connectivity index (χ3v) is 10.7. The van der Waals surface area contributed by atoms with Gasteiger partial charge in [-0.3, -0.25) is 0 Å². The Bertz CT molecular complexity index is 653. The summed E-state index contributed by atoms with van der Waals surface area (Å²) in [5.41, 5.74) is 5.16. The minimum Gasteiger partial charge on any atom is -0.0805 e. The molecule has 0 saturated heterocycles. The van der Waals surface area contributed by atoms with Crippen LogP contribution in [-0.2, 0) is 0 Å². The Balaban J connectivity index is 1.54. The fraction of sp³-hybridized carbons (Fsp3) is 0.840. The molecule has 0 heteroatoms. The normalized spacial score (nSPS) is 56.1. The van der Waals surface area contributed by atoms with Crippen LogP contribution in [0, 0.1) is 45.8 Å². The minimum atomic E-state index is 0.485. The molecule has 3 fully saturated rings. The van der Waals surface area contributed by atoms with E-state index in [2.05, 4.69) is 46.8 Å². The minimum absolute atomic E-state index is 0.485. The highest BCUT2D eigenvalue weighted by Gasteiger charge is 2.73. The van der Waals surface area contributed by atoms with Crippen LogP contribution >= 0.6 is 0 Å². The van der Waals surface area contributed by atoms with E-state index < -0.39 is 0 Å². The zero-order valence-corrected chi connectivity index (χ0v) is 17.2. The molecular formula is C25H38. The second kappa shape index (κ2) is 5.05. The lowest BCUT2D eigenvalue weighted by Gasteiger charge is -2.60. The van der Waals surface area contributed by atoms with Gasteiger partial charge in [0, 0.05) is 0 Å². The third-order valence-electron chi connectivity index (χ3n) is 10.7. The maximum absolute atomic E-state index is 2.71. The van der Waals surface area contributed by atoms with Crippen LogP contribution < -0.4 is 0 Å². The maximum atomic E-state index is 2.71. The molecule has 0 amide bonds. The predicted octanol–water partition coefficient (Wildman–Crippen LogP) is 7.17. The predicted molar refractivity (Wildman–Crippen MR) is 106 cm³/mol. The Kier molecular flexibility index (Phi) is 3.36. The average molecular weight is 339 g/mol. The summed E-state index contributed by atoms with van der Waals surface area (Å²) in [6.07, 6.45) is 16.7. The van der Waals surface area contributed by atoms with E-state index in [4.69, 9.17) is 0 Å². The first-order valence-electron chi connectivity index (χ1n) is 11.3. The SMILES string of the molecule is CCC1=CC2=CCC3C(CCC4(C)C3C3CC3C4(C)CC)C2(C)CC1. The van der Waals surface area contributed by atoms with E-state index >= 15 is 0 Å². The molecule has 0 aromatic carbocycles. The molecule has 5 aliphatic carbocycles. The quantitative estimate of drug-likeness (QED) is 0.500. The van der Waals surface area contributed by atoms with Crippen LogP contribution in [0.3, 0.4) is 0 Å². The Hall–Kier alpha value is -0.520. The van der Waals surface area contributed by atoms with Gasteiger partial charge in [-0.25, -0.2) is 0 Å². The van der Waals surface area contributed by atoms with Crippen LogP contribution in [0.2, 0.25) is 0 Å². The van der Waals surface area contributed by atoms with Crippen molar-refractivity contribution in [2.75, 3.05) is 0 Å². The van der Waals surface area contributed by atoms with Gasteiger partial charge in [-0.1, -0.05) is 52.3 Å². The molecule has 8 atom stereocenters. The molecule has 0 bridgehead atoms. The van der Waals surface area contributed by atoms with Crippen molar-refractivity contribution in [3.63, 3.8) is 0 Å². The standard InChI is InChI=1S/C25H38/c1-6-16-10-12-23(3)17(14-16)8-9-18-20(23)11-13-25(5)22(18)19-15-21(19)24(25,4)7-2/h8,14,18-22H,6-7,9-13,15H2,1-5H3. The van der Waals surface area contributed by atoms with Crippen LogP contribution in [0.25, 0.3) is 0 Å². The smallest absolute Gasteiger partial charge is 0.00443 e. The van der Waals surface area contributed by atoms with Crippen LogP contribution in [-0.4, -0.2) is 0 Å². The number of allylic oxidation sites excluding steroid dienone is 4. The van der Waals surface area contributed by atoms with Gasteiger partial charge in [0.1, 0.15) is 0 Å². The Labute approximate surface area is 155 Å². The molecule has 0 N–H and O–H groups in total. The van der Waals surface area contributed by atoms with Crippen molar-refractivity contribution in [3.05, 3.63) is 23.3 Å². The molecule has 8 unspecified atom stereocenters. The van der Waals surface area contributed by atoms with E-state index in [1.807, 2.05) is 0 Å². The van der Waals surface area contributed by atoms with Gasteiger partial charge in [0.05, 0.1) is 0 Å². The van der Waals surface area contributed by atoms with Crippen molar-refractivity contribution in [1.82, 2.24) is 0 Å². The topological polar surface area (TPSA) is 0 Å². The summed E-state index contributed by atoms with van der Waals surface area (Å²) in [5.74, 6) is 5.09. The summed E-state index contributed by atoms with van der Waals surface area (Å²) < 4.78 is 0. The molecular weight excluding hydrogens is 300 g/mol. The van der Waals surface area contributed by atoms with E-state index in [1.54, 1.807) is 17.6 Å². The fourth-order valence-corrected chi connectivity index (χ4v) is 8.81. The van der Waals surface area contributed by atoms with Crippen molar-refractivity contribution in [1.29, 1.82) is 0 Å². The van der Waals surface area contributed by atoms with Gasteiger partial charge in [0.25, 0.3) is 0 Å². The molecule has 0 aromatic rings. The van der Waals surface area contributed by atoms with Crippen LogP contribution in [0.15, 0.2) is 23.3 Å². The third kappa shape index (κ3) is 1.85. The largest absolute Gasteiger partial charge is 0.0805 e. The van der Waals surface area contributed by atoms with Crippen LogP contribution in [0.1, 0.15) is 86.0 Å². The van der Waals surface area contributed by atoms with Gasteiger partial charge < -0.3 is 0 Å². The molecule has 0 heterocycles. The molecule has 0 aromatic heterocycles. The average Bonchev–Trinajstić information content (AvgIpc) is 3.37. The first-order valence-corrected chi connectivity index (χ1v) is 11.3. The molecule has 0 spiro atoms. The lowest BCUT2D eigenvalue weighted by molar-refractivity contribution is -0.0850. The summed E-state index contributed by atoms with van der Waals surface area (Å²) in [4.78, 5) is 0. The highest BCUT2D eigenvalue weighted by molar-refractivity contribution is 5.38. The van der Waals surface area contributed by atoms with Gasteiger partial charge in [0.15, 0.2) is 0 Å². The van der Waals surface area contributed by atoms with Gasteiger partial charge in [0.2, 0.25) is 0 Å². The summed E-state index contributed by atoms with van der Waals surface area (Å²) in [6, 6.07) is 0. The molecule has 0 nitrogen and oxygen atoms in total. The summed E-state index contributed by atoms with van der Waals surface area (Å²) in [7, 11) is 0. The zero-order valence-electron chi connectivity index (χ0n) is 17.2. The Morgan fingerprint density at radius 2 is 1.84 bits per heavy atom. The summed E-state index contributed by atoms with van der Waals surface area (Å²) in [6.45, 7) is 12.8. The monoisotopic (exact) mass is 338 g/mol. The molecule has 25 heavy (non-hydrogen) atoms. The van der Waals surface area contributed by atoms with E-state index in [0.29, 0.717) is 16.2 Å². The highest BCUT2D eigenvalue weighted by Crippen LogP contribution is 2.80. The molecule has 0 radical (unpaired) electrons. The van der Waals surface area contributed by atoms with Crippen LogP contribution in [0.4, 0.5) is 0 Å². The van der Waals surface area contributed by atoms with Crippen molar-refractivity contribution in [3.8, 4) is 0 Å². The second-order valence-electron chi connectivity index (χ2n) is 11.0. The fourth-order valence-electron chi connectivity index (χ4n) is 8.81. The number of hydrogen-bond donors (Lipinski definition) is 0. The maximum Gasteiger partial charge on any atom is -0.00443 e. The molecule has 5 rings (SSSR count). The second-order valence-corrected chi connectivity index (χ2v) is 11.0. The van der Waals surface area contributed by atoms with Crippen molar-refractivity contribution < 1.29 is 0 Å². The zero-order chi connectivity index (χ0) is 17.6. The van der Waals surface area contributed by atoms with Crippen molar-refractivity contribution in [2.24, 2.45) is 45.8 Å². The summed E-state index contributed by atoms with van der Waals surface area (Å²) >= 11 is 0. The first-order chi connectivity index (χ1) is 11.9. The molecule has 3 saturated carbocycles. The lowest BCUT2D eigenvalue weighted by Crippen LogP contribution is -2.52. The van der Waals surface area contributed by atoms with Gasteiger partial charge in [-0.2, -0.15) is 0 Å². The Morgan fingerprint density at radius 1 is 1.04 bits per heavy atom. The van der Waals surface area contributed by atoms with Crippen LogP contribution in [0.5, 0.6) is 0 Å². The van der Waals surface area contributed by atoms with E-state index in [0.717, 1.165) is 29.6 Å². The number of rotatable bonds is 2. The highest BCUT2D eigenvalue weighted by atomic mass is 14.8.